The van der Waals surface area contributed by atoms with Crippen LogP contribution < -0.4 is 21.7 Å². The molecule has 0 fully saturated rings. The number of aromatic amines is 1. The first-order chi connectivity index (χ1) is 11.1. The first-order valence-electron chi connectivity index (χ1n) is 7.63. The quantitative estimate of drug-likeness (QED) is 0.587. The van der Waals surface area contributed by atoms with Crippen LogP contribution in [0.25, 0.3) is 10.9 Å². The molecule has 4 N–H and O–H groups in total. The molecular weight excluding hydrogens is 288 g/mol. The first-order valence-corrected chi connectivity index (χ1v) is 7.63. The molecule has 5 heteroatoms. The van der Waals surface area contributed by atoms with Crippen molar-refractivity contribution >= 4 is 22.3 Å². The van der Waals surface area contributed by atoms with Crippen molar-refractivity contribution in [3.63, 3.8) is 0 Å². The Balaban J connectivity index is 1.79. The summed E-state index contributed by atoms with van der Waals surface area (Å²) in [6.45, 7) is 4.09. The molecule has 0 amide bonds. The third kappa shape index (κ3) is 2.35. The van der Waals surface area contributed by atoms with Gasteiger partial charge in [-0.3, -0.25) is 4.79 Å². The van der Waals surface area contributed by atoms with Gasteiger partial charge in [-0.25, -0.2) is 5.43 Å². The summed E-state index contributed by atoms with van der Waals surface area (Å²) in [4.78, 5) is 15.5. The molecule has 3 aromatic rings. The van der Waals surface area contributed by atoms with E-state index < -0.39 is 0 Å². The van der Waals surface area contributed by atoms with Crippen LogP contribution in [0, 0.1) is 13.8 Å². The number of pyridine rings is 1. The molecule has 0 saturated heterocycles. The number of hydrazine groups is 1. The van der Waals surface area contributed by atoms with Gasteiger partial charge in [0.2, 0.25) is 0 Å². The third-order valence-corrected chi connectivity index (χ3v) is 4.20. The fraction of sp³-hybridized carbons (Fsp3) is 0.167. The molecule has 1 aliphatic rings. The Morgan fingerprint density at radius 3 is 2.52 bits per heavy atom. The highest BCUT2D eigenvalue weighted by atomic mass is 16.1. The highest BCUT2D eigenvalue weighted by Gasteiger charge is 2.27. The summed E-state index contributed by atoms with van der Waals surface area (Å²) in [5.74, 6) is 0. The molecule has 23 heavy (non-hydrogen) atoms. The van der Waals surface area contributed by atoms with Gasteiger partial charge in [-0.15, -0.1) is 0 Å². The van der Waals surface area contributed by atoms with Crippen molar-refractivity contribution in [2.24, 2.45) is 0 Å². The molecule has 2 aromatic carbocycles. The maximum Gasteiger partial charge on any atom is 0.257 e. The fourth-order valence-electron chi connectivity index (χ4n) is 2.97. The summed E-state index contributed by atoms with van der Waals surface area (Å²) in [6.07, 6.45) is -0.277. The Hall–Kier alpha value is -2.79. The highest BCUT2D eigenvalue weighted by molar-refractivity contribution is 5.94. The van der Waals surface area contributed by atoms with Crippen LogP contribution in [0.5, 0.6) is 0 Å². The Morgan fingerprint density at radius 2 is 1.74 bits per heavy atom. The molecule has 1 aromatic heterocycles. The number of nitrogens with one attached hydrogen (secondary N) is 4. The van der Waals surface area contributed by atoms with E-state index >= 15 is 0 Å². The SMILES string of the molecule is Cc1ccc(NC2NNc3c2c(=O)[nH]c2ccc(C)cc32)cc1. The van der Waals surface area contributed by atoms with Gasteiger partial charge < -0.3 is 15.7 Å². The number of benzene rings is 2. The van der Waals surface area contributed by atoms with Crippen LogP contribution in [0.1, 0.15) is 22.9 Å². The Bertz CT molecular complexity index is 944. The lowest BCUT2D eigenvalue weighted by Gasteiger charge is -2.14. The molecule has 116 valence electrons. The zero-order valence-corrected chi connectivity index (χ0v) is 13.0. The number of anilines is 2. The van der Waals surface area contributed by atoms with Crippen molar-refractivity contribution < 1.29 is 0 Å². The van der Waals surface area contributed by atoms with Crippen LogP contribution in [-0.4, -0.2) is 4.98 Å². The van der Waals surface area contributed by atoms with Crippen LogP contribution in [0.2, 0.25) is 0 Å². The van der Waals surface area contributed by atoms with E-state index in [1.807, 2.05) is 50.2 Å². The lowest BCUT2D eigenvalue weighted by molar-refractivity contribution is 0.697. The minimum Gasteiger partial charge on any atom is -0.365 e. The van der Waals surface area contributed by atoms with Gasteiger partial charge in [-0.1, -0.05) is 29.3 Å². The maximum atomic E-state index is 12.5. The van der Waals surface area contributed by atoms with Gasteiger partial charge in [0.15, 0.2) is 0 Å². The van der Waals surface area contributed by atoms with Crippen LogP contribution in [-0.2, 0) is 0 Å². The molecule has 0 aliphatic carbocycles. The topological polar surface area (TPSA) is 68.9 Å². The third-order valence-electron chi connectivity index (χ3n) is 4.20. The normalized spacial score (nSPS) is 16.2. The van der Waals surface area contributed by atoms with Crippen molar-refractivity contribution in [3.05, 3.63) is 69.5 Å². The number of H-pyrrole nitrogens is 1. The number of hydrogen-bond donors (Lipinski definition) is 4. The highest BCUT2D eigenvalue weighted by Crippen LogP contribution is 2.32. The van der Waals surface area contributed by atoms with Gasteiger partial charge >= 0.3 is 0 Å². The Labute approximate surface area is 133 Å². The largest absolute Gasteiger partial charge is 0.365 e. The number of aryl methyl sites for hydroxylation is 2. The fourth-order valence-corrected chi connectivity index (χ4v) is 2.97. The standard InChI is InChI=1S/C18H18N4O/c1-10-3-6-12(7-4-10)19-17-15-16(21-22-17)13-9-11(2)5-8-14(13)20-18(15)23/h3-9,17,19,21-22H,1-2H3,(H,20,23). The van der Waals surface area contributed by atoms with Crippen molar-refractivity contribution in [1.29, 1.82) is 0 Å². The van der Waals surface area contributed by atoms with Gasteiger partial charge in [0, 0.05) is 11.1 Å². The number of hydrogen-bond acceptors (Lipinski definition) is 4. The van der Waals surface area contributed by atoms with E-state index in [2.05, 4.69) is 27.2 Å². The molecule has 2 heterocycles. The zero-order valence-electron chi connectivity index (χ0n) is 13.0. The summed E-state index contributed by atoms with van der Waals surface area (Å²) in [6, 6.07) is 14.1. The van der Waals surface area contributed by atoms with E-state index in [1.165, 1.54) is 5.56 Å². The van der Waals surface area contributed by atoms with Gasteiger partial charge in [-0.05, 0) is 38.1 Å². The second-order valence-electron chi connectivity index (χ2n) is 6.00. The second-order valence-corrected chi connectivity index (χ2v) is 6.00. The van der Waals surface area contributed by atoms with E-state index in [0.29, 0.717) is 5.56 Å². The summed E-state index contributed by atoms with van der Waals surface area (Å²) in [7, 11) is 0. The average Bonchev–Trinajstić information content (AvgIpc) is 2.95. The van der Waals surface area contributed by atoms with Gasteiger partial charge in [-0.2, -0.15) is 0 Å². The summed E-state index contributed by atoms with van der Waals surface area (Å²) in [5.41, 5.74) is 11.9. The lowest BCUT2D eigenvalue weighted by atomic mass is 10.1. The molecule has 1 unspecified atom stereocenters. The van der Waals surface area contributed by atoms with Crippen LogP contribution in [0.3, 0.4) is 0 Å². The lowest BCUT2D eigenvalue weighted by Crippen LogP contribution is -2.28. The summed E-state index contributed by atoms with van der Waals surface area (Å²) in [5, 5.41) is 4.36. The first kappa shape index (κ1) is 13.8. The predicted molar refractivity (Wildman–Crippen MR) is 93.6 cm³/mol. The van der Waals surface area contributed by atoms with Crippen molar-refractivity contribution in [2.45, 2.75) is 20.0 Å². The van der Waals surface area contributed by atoms with Crippen molar-refractivity contribution in [2.75, 3.05) is 10.7 Å². The number of fused-ring (bicyclic) bond motifs is 3. The van der Waals surface area contributed by atoms with Gasteiger partial charge in [0.1, 0.15) is 6.17 Å². The van der Waals surface area contributed by atoms with Gasteiger partial charge in [0.05, 0.1) is 16.8 Å². The van der Waals surface area contributed by atoms with E-state index in [0.717, 1.165) is 27.8 Å². The van der Waals surface area contributed by atoms with Crippen molar-refractivity contribution in [3.8, 4) is 0 Å². The predicted octanol–water partition coefficient (Wildman–Crippen LogP) is 3.19. The molecule has 0 saturated carbocycles. The minimum atomic E-state index is -0.277. The molecule has 1 aliphatic heterocycles. The Kier molecular flexibility index (Phi) is 3.09. The smallest absolute Gasteiger partial charge is 0.257 e. The molecule has 4 rings (SSSR count). The molecule has 0 bridgehead atoms. The van der Waals surface area contributed by atoms with Gasteiger partial charge in [0.25, 0.3) is 5.56 Å². The molecule has 0 radical (unpaired) electrons. The van der Waals surface area contributed by atoms with E-state index in [-0.39, 0.29) is 11.7 Å². The molecule has 1 atom stereocenters. The average molecular weight is 306 g/mol. The second kappa shape index (κ2) is 5.14. The Morgan fingerprint density at radius 1 is 1.00 bits per heavy atom. The molecule has 5 nitrogen and oxygen atoms in total. The molecule has 0 spiro atoms. The van der Waals surface area contributed by atoms with E-state index in [1.54, 1.807) is 0 Å². The number of rotatable bonds is 2. The van der Waals surface area contributed by atoms with Crippen LogP contribution in [0.15, 0.2) is 47.3 Å². The van der Waals surface area contributed by atoms with E-state index in [4.69, 9.17) is 0 Å². The zero-order chi connectivity index (χ0) is 16.0. The van der Waals surface area contributed by atoms with Crippen LogP contribution >= 0.6 is 0 Å². The van der Waals surface area contributed by atoms with Crippen molar-refractivity contribution in [1.82, 2.24) is 10.4 Å². The number of aromatic nitrogens is 1. The summed E-state index contributed by atoms with van der Waals surface area (Å²) < 4.78 is 0. The monoisotopic (exact) mass is 306 g/mol. The minimum absolute atomic E-state index is 0.0848. The van der Waals surface area contributed by atoms with E-state index in [9.17, 15) is 4.79 Å². The maximum absolute atomic E-state index is 12.5. The molecular formula is C18H18N4O. The van der Waals surface area contributed by atoms with Crippen LogP contribution in [0.4, 0.5) is 11.4 Å². The summed E-state index contributed by atoms with van der Waals surface area (Å²) >= 11 is 0.